The second-order valence-electron chi connectivity index (χ2n) is 12.2. The molecule has 0 saturated heterocycles. The highest BCUT2D eigenvalue weighted by Crippen LogP contribution is 2.37. The van der Waals surface area contributed by atoms with Gasteiger partial charge in [0.1, 0.15) is 0 Å². The summed E-state index contributed by atoms with van der Waals surface area (Å²) in [5.74, 6) is 0. The number of aromatic nitrogens is 1. The Morgan fingerprint density at radius 3 is 1.72 bits per heavy atom. The second-order valence-corrected chi connectivity index (χ2v) is 16.0. The van der Waals surface area contributed by atoms with E-state index in [1.54, 1.807) is 0 Å². The predicted octanol–water partition coefficient (Wildman–Crippen LogP) is 8.12. The summed E-state index contributed by atoms with van der Waals surface area (Å²) in [6.45, 7) is 8.75. The lowest BCUT2D eigenvalue weighted by atomic mass is 9.98. The van der Waals surface area contributed by atoms with E-state index >= 15 is 0 Å². The number of hydrogen-bond acceptors (Lipinski definition) is 2. The maximum absolute atomic E-state index is 10.5. The van der Waals surface area contributed by atoms with Gasteiger partial charge in [0, 0.05) is 16.5 Å². The van der Waals surface area contributed by atoms with Crippen LogP contribution in [0.15, 0.2) is 170 Å². The quantitative estimate of drug-likeness (QED) is 0.104. The summed E-state index contributed by atoms with van der Waals surface area (Å²) in [5.41, 5.74) is 5.90. The van der Waals surface area contributed by atoms with Crippen molar-refractivity contribution in [2.24, 2.45) is 0 Å². The topological polar surface area (TPSA) is 56.9 Å². The third kappa shape index (κ3) is 4.72. The van der Waals surface area contributed by atoms with Gasteiger partial charge in [0.25, 0.3) is 0 Å². The number of para-hydroxylation sites is 2. The summed E-state index contributed by atoms with van der Waals surface area (Å²) in [6, 6.07) is 62.3. The molecule has 0 aliphatic rings. The fraction of sp³-hybridized carbons (Fsp3) is 0. The second kappa shape index (κ2) is 12.6. The first-order valence-electron chi connectivity index (χ1n) is 16.3. The van der Waals surface area contributed by atoms with Crippen LogP contribution in [0, 0.1) is 29.2 Å². The molecule has 5 heteroatoms. The van der Waals surface area contributed by atoms with Gasteiger partial charge in [0.2, 0.25) is 0 Å². The minimum atomic E-state index is -3.03. The molecule has 8 aromatic rings. The Morgan fingerprint density at radius 2 is 1.12 bits per heavy atom. The number of rotatable bonds is 6. The van der Waals surface area contributed by atoms with E-state index in [9.17, 15) is 10.5 Å². The summed E-state index contributed by atoms with van der Waals surface area (Å²) in [5, 5.41) is 26.7. The molecule has 0 amide bonds. The molecular weight excluding hydrogens is 625 g/mol. The maximum atomic E-state index is 10.5. The van der Waals surface area contributed by atoms with Crippen LogP contribution in [-0.2, 0) is 0 Å². The van der Waals surface area contributed by atoms with Crippen LogP contribution in [0.4, 0.5) is 5.69 Å². The fourth-order valence-electron chi connectivity index (χ4n) is 7.53. The highest BCUT2D eigenvalue weighted by atomic mass is 28.3. The average Bonchev–Trinajstić information content (AvgIpc) is 3.52. The minimum absolute atomic E-state index is 0.495. The van der Waals surface area contributed by atoms with Crippen molar-refractivity contribution >= 4 is 56.3 Å². The zero-order valence-electron chi connectivity index (χ0n) is 27.0. The van der Waals surface area contributed by atoms with E-state index < -0.39 is 8.07 Å². The fourth-order valence-corrected chi connectivity index (χ4v) is 12.4. The van der Waals surface area contributed by atoms with Crippen LogP contribution in [0.25, 0.3) is 43.5 Å². The molecule has 0 bridgehead atoms. The smallest absolute Gasteiger partial charge is 0.195 e. The first-order valence-corrected chi connectivity index (χ1v) is 18.3. The van der Waals surface area contributed by atoms with Crippen molar-refractivity contribution < 1.29 is 0 Å². The summed E-state index contributed by atoms with van der Waals surface area (Å²) < 4.78 is 2.18. The van der Waals surface area contributed by atoms with Gasteiger partial charge >= 0.3 is 0 Å². The van der Waals surface area contributed by atoms with Crippen LogP contribution >= 0.6 is 0 Å². The molecule has 0 N–H and O–H groups in total. The normalized spacial score (nSPS) is 11.1. The standard InChI is InChI=1S/C45H28N4Si/c1-48-45-39(21-13-23-44(45)50(35-14-5-2-6-15-35,36-16-7-3-8-17-36)37-18-9-4-10-19-37)40-29-34(26-25-33(40)31-47)49-42-22-12-11-20-38(42)41-28-32(30-46)24-27-43(41)49/h2-29H. The first kappa shape index (κ1) is 30.4. The van der Waals surface area contributed by atoms with E-state index in [2.05, 4.69) is 113 Å². The van der Waals surface area contributed by atoms with Crippen molar-refractivity contribution in [3.63, 3.8) is 0 Å². The highest BCUT2D eigenvalue weighted by Gasteiger charge is 2.43. The molecule has 7 aromatic carbocycles. The molecule has 1 aromatic heterocycles. The Labute approximate surface area is 291 Å². The monoisotopic (exact) mass is 652 g/mol. The van der Waals surface area contributed by atoms with Gasteiger partial charge in [-0.3, -0.25) is 0 Å². The zero-order valence-corrected chi connectivity index (χ0v) is 28.0. The van der Waals surface area contributed by atoms with E-state index in [1.807, 2.05) is 78.9 Å². The van der Waals surface area contributed by atoms with Crippen LogP contribution in [-0.4, -0.2) is 12.6 Å². The maximum Gasteiger partial charge on any atom is 0.195 e. The lowest BCUT2D eigenvalue weighted by molar-refractivity contribution is 1.18. The van der Waals surface area contributed by atoms with Gasteiger partial charge in [-0.25, -0.2) is 4.85 Å². The molecule has 0 unspecified atom stereocenters. The van der Waals surface area contributed by atoms with Crippen molar-refractivity contribution in [3.8, 4) is 29.0 Å². The van der Waals surface area contributed by atoms with Gasteiger partial charge in [-0.15, -0.1) is 0 Å². The van der Waals surface area contributed by atoms with Crippen molar-refractivity contribution in [1.82, 2.24) is 4.57 Å². The highest BCUT2D eigenvalue weighted by molar-refractivity contribution is 7.20. The number of hydrogen-bond donors (Lipinski definition) is 0. The number of fused-ring (bicyclic) bond motifs is 3. The number of benzene rings is 7. The summed E-state index contributed by atoms with van der Waals surface area (Å²) in [4.78, 5) is 4.31. The van der Waals surface area contributed by atoms with Crippen molar-refractivity contribution in [3.05, 3.63) is 192 Å². The Kier molecular flexibility index (Phi) is 7.63. The number of nitrogens with zero attached hydrogens (tertiary/aromatic N) is 4. The Morgan fingerprint density at radius 1 is 0.520 bits per heavy atom. The Hall–Kier alpha value is -6.97. The van der Waals surface area contributed by atoms with E-state index in [-0.39, 0.29) is 0 Å². The molecule has 8 rings (SSSR count). The van der Waals surface area contributed by atoms with Crippen LogP contribution in [0.3, 0.4) is 0 Å². The predicted molar refractivity (Wildman–Crippen MR) is 206 cm³/mol. The molecule has 232 valence electrons. The molecule has 0 aliphatic carbocycles. The van der Waals surface area contributed by atoms with Gasteiger partial charge in [-0.05, 0) is 74.3 Å². The lowest BCUT2D eigenvalue weighted by Gasteiger charge is -2.35. The average molecular weight is 653 g/mol. The molecule has 1 heterocycles. The van der Waals surface area contributed by atoms with Crippen LogP contribution in [0.1, 0.15) is 11.1 Å². The largest absolute Gasteiger partial charge is 0.309 e. The molecule has 0 radical (unpaired) electrons. The Bertz CT molecular complexity index is 2580. The summed E-state index contributed by atoms with van der Waals surface area (Å²) >= 11 is 0. The van der Waals surface area contributed by atoms with Gasteiger partial charge in [0.05, 0.1) is 40.9 Å². The molecule has 50 heavy (non-hydrogen) atoms. The van der Waals surface area contributed by atoms with Gasteiger partial charge < -0.3 is 4.57 Å². The number of nitriles is 2. The summed E-state index contributed by atoms with van der Waals surface area (Å²) in [6.07, 6.45) is 0. The molecule has 0 fully saturated rings. The molecule has 0 aliphatic heterocycles. The SMILES string of the molecule is [C-]#[N+]c1c(-c2cc(-n3c4ccccc4c4cc(C#N)ccc43)ccc2C#N)cccc1[Si](c1ccccc1)(c1ccccc1)c1ccccc1. The zero-order chi connectivity index (χ0) is 34.1. The summed E-state index contributed by atoms with van der Waals surface area (Å²) in [7, 11) is -3.03. The molecule has 0 atom stereocenters. The first-order chi connectivity index (χ1) is 24.7. The van der Waals surface area contributed by atoms with E-state index in [1.165, 1.54) is 15.6 Å². The van der Waals surface area contributed by atoms with Crippen molar-refractivity contribution in [2.75, 3.05) is 0 Å². The van der Waals surface area contributed by atoms with Crippen LogP contribution in [0.2, 0.25) is 0 Å². The van der Waals surface area contributed by atoms with Gasteiger partial charge in [-0.2, -0.15) is 10.5 Å². The van der Waals surface area contributed by atoms with Gasteiger partial charge in [-0.1, -0.05) is 127 Å². The third-order valence-electron chi connectivity index (χ3n) is 9.65. The minimum Gasteiger partial charge on any atom is -0.309 e. The lowest BCUT2D eigenvalue weighted by Crippen LogP contribution is -2.74. The van der Waals surface area contributed by atoms with E-state index in [0.717, 1.165) is 38.2 Å². The van der Waals surface area contributed by atoms with E-state index in [4.69, 9.17) is 6.57 Å². The molecule has 0 saturated carbocycles. The van der Waals surface area contributed by atoms with Crippen molar-refractivity contribution in [1.29, 1.82) is 10.5 Å². The van der Waals surface area contributed by atoms with Crippen LogP contribution < -0.4 is 20.7 Å². The van der Waals surface area contributed by atoms with Crippen LogP contribution in [0.5, 0.6) is 0 Å². The van der Waals surface area contributed by atoms with Crippen molar-refractivity contribution in [2.45, 2.75) is 0 Å². The molecule has 4 nitrogen and oxygen atoms in total. The van der Waals surface area contributed by atoms with Gasteiger partial charge in [0.15, 0.2) is 13.8 Å². The molecular formula is C45H28N4Si. The molecule has 0 spiro atoms. The third-order valence-corrected chi connectivity index (χ3v) is 14.5. The van der Waals surface area contributed by atoms with E-state index in [0.29, 0.717) is 22.4 Å². The Balaban J connectivity index is 1.44.